The summed E-state index contributed by atoms with van der Waals surface area (Å²) in [4.78, 5) is 4.71. The van der Waals surface area contributed by atoms with Gasteiger partial charge in [-0.25, -0.2) is 4.57 Å². The lowest BCUT2D eigenvalue weighted by Gasteiger charge is -2.11. The smallest absolute Gasteiger partial charge is 0.212 e. The van der Waals surface area contributed by atoms with Gasteiger partial charge in [-0.15, -0.1) is 0 Å². The Labute approximate surface area is 148 Å². The second kappa shape index (κ2) is 5.27. The highest BCUT2D eigenvalue weighted by atomic mass is 14.9. The van der Waals surface area contributed by atoms with Crippen molar-refractivity contribution in [3.05, 3.63) is 70.2 Å². The van der Waals surface area contributed by atoms with Gasteiger partial charge >= 0.3 is 0 Å². The van der Waals surface area contributed by atoms with Gasteiger partial charge in [-0.2, -0.15) is 0 Å². The number of aromatic nitrogens is 2. The number of benzene rings is 1. The zero-order valence-electron chi connectivity index (χ0n) is 17.6. The molecule has 0 fully saturated rings. The van der Waals surface area contributed by atoms with Gasteiger partial charge in [0.2, 0.25) is 5.69 Å². The van der Waals surface area contributed by atoms with Crippen molar-refractivity contribution in [2.75, 3.05) is 0 Å². The SMILES string of the molecule is [2H]C([2H])([2H])c1c[n+](C)c(-c2ccc3c(c2C)Cc2nc(C)ccc2-3)cc1C. The molecule has 0 amide bonds. The largest absolute Gasteiger partial charge is 0.257 e. The summed E-state index contributed by atoms with van der Waals surface area (Å²) in [6.45, 7) is 3.95. The summed E-state index contributed by atoms with van der Waals surface area (Å²) >= 11 is 0. The molecule has 0 atom stereocenters. The molecular weight excluding hydrogens is 292 g/mol. The summed E-state index contributed by atoms with van der Waals surface area (Å²) < 4.78 is 25.1. The van der Waals surface area contributed by atoms with Crippen LogP contribution in [0.25, 0.3) is 22.4 Å². The van der Waals surface area contributed by atoms with Crippen LogP contribution in [0.1, 0.15) is 37.8 Å². The zero-order valence-corrected chi connectivity index (χ0v) is 14.6. The zero-order chi connectivity index (χ0) is 19.5. The van der Waals surface area contributed by atoms with Crippen LogP contribution >= 0.6 is 0 Å². The minimum atomic E-state index is -2.10. The molecule has 0 radical (unpaired) electrons. The first-order valence-corrected chi connectivity index (χ1v) is 8.27. The summed E-state index contributed by atoms with van der Waals surface area (Å²) in [5, 5.41) is 0. The molecular formula is C22H23N2+. The maximum Gasteiger partial charge on any atom is 0.212 e. The van der Waals surface area contributed by atoms with Crippen LogP contribution in [0.5, 0.6) is 0 Å². The third kappa shape index (κ3) is 2.17. The van der Waals surface area contributed by atoms with E-state index in [2.05, 4.69) is 31.2 Å². The van der Waals surface area contributed by atoms with Gasteiger partial charge in [-0.3, -0.25) is 4.98 Å². The average Bonchev–Trinajstić information content (AvgIpc) is 2.95. The predicted octanol–water partition coefficient (Wildman–Crippen LogP) is 4.38. The van der Waals surface area contributed by atoms with E-state index in [0.29, 0.717) is 5.56 Å². The second-order valence-electron chi connectivity index (χ2n) is 6.75. The van der Waals surface area contributed by atoms with Gasteiger partial charge in [0.05, 0.1) is 5.69 Å². The van der Waals surface area contributed by atoms with Gasteiger partial charge in [0.15, 0.2) is 6.20 Å². The minimum Gasteiger partial charge on any atom is -0.257 e. The van der Waals surface area contributed by atoms with Crippen molar-refractivity contribution in [2.24, 2.45) is 7.05 Å². The maximum atomic E-state index is 7.73. The van der Waals surface area contributed by atoms with Gasteiger partial charge in [0, 0.05) is 39.0 Å². The molecule has 1 aliphatic carbocycles. The van der Waals surface area contributed by atoms with Crippen molar-refractivity contribution in [3.63, 3.8) is 0 Å². The van der Waals surface area contributed by atoms with E-state index in [1.807, 2.05) is 31.5 Å². The fraction of sp³-hybridized carbons (Fsp3) is 0.273. The van der Waals surface area contributed by atoms with Gasteiger partial charge in [0.1, 0.15) is 7.05 Å². The first-order chi connectivity index (χ1) is 12.7. The first-order valence-electron chi connectivity index (χ1n) is 9.77. The number of pyridine rings is 2. The van der Waals surface area contributed by atoms with E-state index in [1.165, 1.54) is 22.3 Å². The van der Waals surface area contributed by atoms with Crippen LogP contribution in [-0.2, 0) is 13.5 Å². The fourth-order valence-corrected chi connectivity index (χ4v) is 3.69. The predicted molar refractivity (Wildman–Crippen MR) is 98.0 cm³/mol. The molecule has 3 aromatic rings. The van der Waals surface area contributed by atoms with Crippen molar-refractivity contribution in [3.8, 4) is 22.4 Å². The topological polar surface area (TPSA) is 16.8 Å². The second-order valence-corrected chi connectivity index (χ2v) is 6.75. The van der Waals surface area contributed by atoms with Crippen molar-refractivity contribution in [1.82, 2.24) is 4.98 Å². The highest BCUT2D eigenvalue weighted by Crippen LogP contribution is 2.40. The Bertz CT molecular complexity index is 1080. The van der Waals surface area contributed by atoms with E-state index in [4.69, 9.17) is 9.10 Å². The lowest BCUT2D eigenvalue weighted by molar-refractivity contribution is -0.660. The van der Waals surface area contributed by atoms with Crippen LogP contribution in [0.4, 0.5) is 0 Å². The Kier molecular flexibility index (Phi) is 2.63. The maximum absolute atomic E-state index is 7.73. The van der Waals surface area contributed by atoms with Gasteiger partial charge in [0.25, 0.3) is 0 Å². The number of aryl methyl sites for hydroxylation is 4. The van der Waals surface area contributed by atoms with Gasteiger partial charge in [-0.1, -0.05) is 12.1 Å². The van der Waals surface area contributed by atoms with Crippen molar-refractivity contribution in [1.29, 1.82) is 0 Å². The van der Waals surface area contributed by atoms with Crippen LogP contribution in [0.2, 0.25) is 0 Å². The first kappa shape index (κ1) is 12.0. The molecule has 4 rings (SSSR count). The van der Waals surface area contributed by atoms with Crippen LogP contribution in [0.15, 0.2) is 36.5 Å². The summed E-state index contributed by atoms with van der Waals surface area (Å²) in [5.41, 5.74) is 10.6. The Hall–Kier alpha value is -2.48. The van der Waals surface area contributed by atoms with Crippen molar-refractivity contribution >= 4 is 0 Å². The van der Waals surface area contributed by atoms with E-state index in [1.54, 1.807) is 6.20 Å². The van der Waals surface area contributed by atoms with Crippen LogP contribution < -0.4 is 4.57 Å². The lowest BCUT2D eigenvalue weighted by Crippen LogP contribution is -2.31. The fourth-order valence-electron chi connectivity index (χ4n) is 3.69. The van der Waals surface area contributed by atoms with Crippen LogP contribution in [0.3, 0.4) is 0 Å². The summed E-state index contributed by atoms with van der Waals surface area (Å²) in [6.07, 6.45) is 2.59. The molecule has 0 spiro atoms. The molecule has 1 aliphatic rings. The third-order valence-corrected chi connectivity index (χ3v) is 5.10. The molecule has 120 valence electrons. The number of hydrogen-bond acceptors (Lipinski definition) is 1. The van der Waals surface area contributed by atoms with Gasteiger partial charge in [-0.05, 0) is 62.0 Å². The Morgan fingerprint density at radius 3 is 2.54 bits per heavy atom. The molecule has 2 aromatic heterocycles. The van der Waals surface area contributed by atoms with Crippen molar-refractivity contribution in [2.45, 2.75) is 34.0 Å². The summed E-state index contributed by atoms with van der Waals surface area (Å²) in [5.74, 6) is 0. The normalized spacial score (nSPS) is 14.6. The molecule has 0 saturated carbocycles. The number of hydrogen-bond donors (Lipinski definition) is 0. The van der Waals surface area contributed by atoms with Gasteiger partial charge < -0.3 is 0 Å². The standard InChI is InChI=1S/C22H23N2/c1-13-10-22(24(5)12-14(13)2)17-8-9-18-19-7-6-15(3)23-21(19)11-20(18)16(17)4/h6-10,12H,11H2,1-5H3/q+1/i2D3. The molecule has 2 heteroatoms. The Morgan fingerprint density at radius 1 is 1.00 bits per heavy atom. The number of rotatable bonds is 1. The highest BCUT2D eigenvalue weighted by Gasteiger charge is 2.25. The number of fused-ring (bicyclic) bond motifs is 3. The highest BCUT2D eigenvalue weighted by molar-refractivity contribution is 5.81. The van der Waals surface area contributed by atoms with Crippen molar-refractivity contribution < 1.29 is 8.68 Å². The lowest BCUT2D eigenvalue weighted by atomic mass is 9.94. The van der Waals surface area contributed by atoms with E-state index in [-0.39, 0.29) is 0 Å². The van der Waals surface area contributed by atoms with E-state index < -0.39 is 6.85 Å². The Morgan fingerprint density at radius 2 is 1.75 bits per heavy atom. The molecule has 1 aromatic carbocycles. The van der Waals surface area contributed by atoms with E-state index >= 15 is 0 Å². The third-order valence-electron chi connectivity index (χ3n) is 5.10. The van der Waals surface area contributed by atoms with Crippen LogP contribution in [-0.4, -0.2) is 4.98 Å². The minimum absolute atomic E-state index is 0.402. The number of nitrogens with zero attached hydrogens (tertiary/aromatic N) is 2. The average molecular weight is 318 g/mol. The summed E-state index contributed by atoms with van der Waals surface area (Å²) in [6, 6.07) is 10.5. The Balaban J connectivity index is 1.85. The summed E-state index contributed by atoms with van der Waals surface area (Å²) in [7, 11) is 1.91. The molecule has 0 saturated heterocycles. The molecule has 0 unspecified atom stereocenters. The molecule has 0 bridgehead atoms. The quantitative estimate of drug-likeness (QED) is 0.476. The molecule has 24 heavy (non-hydrogen) atoms. The monoisotopic (exact) mass is 318 g/mol. The molecule has 0 N–H and O–H groups in total. The van der Waals surface area contributed by atoms with E-state index in [0.717, 1.165) is 34.6 Å². The van der Waals surface area contributed by atoms with E-state index in [9.17, 15) is 0 Å². The molecule has 0 aliphatic heterocycles. The molecule has 2 heterocycles. The molecule has 2 nitrogen and oxygen atoms in total. The van der Waals surface area contributed by atoms with Crippen LogP contribution in [0, 0.1) is 27.6 Å².